The van der Waals surface area contributed by atoms with Crippen LogP contribution in [0.15, 0.2) is 135 Å². The molecule has 7 rings (SSSR count). The fraction of sp³-hybridized carbons (Fsp3) is 0.262. The molecule has 0 aliphatic carbocycles. The number of rotatable bonds is 16. The Kier molecular flexibility index (Phi) is 12.6. The summed E-state index contributed by atoms with van der Waals surface area (Å²) >= 11 is 7.85. The number of nitrogens with zero attached hydrogens (tertiary/aromatic N) is 5. The van der Waals surface area contributed by atoms with Gasteiger partial charge in [-0.2, -0.15) is 0 Å². The number of hydrogen-bond donors (Lipinski definition) is 2. The Bertz CT molecular complexity index is 2370. The van der Waals surface area contributed by atoms with Gasteiger partial charge in [0.15, 0.2) is 11.4 Å². The van der Waals surface area contributed by atoms with Crippen molar-refractivity contribution in [3.8, 4) is 11.1 Å². The van der Waals surface area contributed by atoms with Gasteiger partial charge >= 0.3 is 0 Å². The fourth-order valence-corrected chi connectivity index (χ4v) is 8.93. The van der Waals surface area contributed by atoms with Crippen molar-refractivity contribution in [2.24, 2.45) is 5.18 Å². The van der Waals surface area contributed by atoms with Crippen LogP contribution in [0.4, 0.5) is 22.9 Å². The molecule has 11 nitrogen and oxygen atoms in total. The Morgan fingerprint density at radius 1 is 0.911 bits per heavy atom. The van der Waals surface area contributed by atoms with Crippen molar-refractivity contribution in [3.63, 3.8) is 0 Å². The molecule has 0 amide bonds. The first-order valence-electron chi connectivity index (χ1n) is 18.4. The lowest BCUT2D eigenvalue weighted by Gasteiger charge is -2.36. The molecule has 1 atom stereocenters. The van der Waals surface area contributed by atoms with Gasteiger partial charge in [0, 0.05) is 66.2 Å². The van der Waals surface area contributed by atoms with E-state index in [0.717, 1.165) is 72.6 Å². The van der Waals surface area contributed by atoms with Crippen LogP contribution < -0.4 is 14.9 Å². The summed E-state index contributed by atoms with van der Waals surface area (Å²) in [5.41, 5.74) is 5.54. The molecule has 2 N–H and O–H groups in total. The maximum absolute atomic E-state index is 13.6. The molecule has 290 valence electrons. The van der Waals surface area contributed by atoms with Crippen LogP contribution in [0, 0.1) is 4.91 Å². The summed E-state index contributed by atoms with van der Waals surface area (Å²) in [5.74, 6) is 0.815. The van der Waals surface area contributed by atoms with Crippen LogP contribution in [-0.2, 0) is 16.6 Å². The summed E-state index contributed by atoms with van der Waals surface area (Å²) in [7, 11) is -0.114. The van der Waals surface area contributed by atoms with Gasteiger partial charge in [0.1, 0.15) is 5.69 Å². The van der Waals surface area contributed by atoms with E-state index in [-0.39, 0.29) is 22.4 Å². The second kappa shape index (κ2) is 17.9. The van der Waals surface area contributed by atoms with Crippen LogP contribution in [-0.4, -0.2) is 82.0 Å². The molecule has 0 bridgehead atoms. The lowest BCUT2D eigenvalue weighted by atomic mass is 9.99. The largest absolute Gasteiger partial charge is 0.380 e. The van der Waals surface area contributed by atoms with Gasteiger partial charge in [0.25, 0.3) is 10.0 Å². The highest BCUT2D eigenvalue weighted by Crippen LogP contribution is 2.34. The van der Waals surface area contributed by atoms with Crippen molar-refractivity contribution >= 4 is 67.2 Å². The van der Waals surface area contributed by atoms with E-state index in [2.05, 4.69) is 83.6 Å². The number of nitrogens with one attached hydrogen (secondary N) is 2. The Morgan fingerprint density at radius 2 is 1.66 bits per heavy atom. The van der Waals surface area contributed by atoms with E-state index in [1.165, 1.54) is 23.3 Å². The number of benzene rings is 5. The molecule has 1 fully saturated rings. The van der Waals surface area contributed by atoms with Gasteiger partial charge in [-0.1, -0.05) is 71.4 Å². The molecule has 14 heteroatoms. The molecule has 2 heterocycles. The van der Waals surface area contributed by atoms with E-state index < -0.39 is 10.0 Å². The molecule has 56 heavy (non-hydrogen) atoms. The van der Waals surface area contributed by atoms with Gasteiger partial charge < -0.3 is 19.6 Å². The van der Waals surface area contributed by atoms with Crippen molar-refractivity contribution in [2.45, 2.75) is 28.8 Å². The minimum Gasteiger partial charge on any atom is -0.380 e. The highest BCUT2D eigenvalue weighted by molar-refractivity contribution is 7.99. The molecule has 1 aromatic heterocycles. The maximum Gasteiger partial charge on any atom is 0.263 e. The standard InChI is InChI=1S/C42H44ClN7O4S2/c1-48(2)21-20-33(29-55-35-9-4-3-5-10-35)44-39-19-17-36(27-40(39)45-51)56(52,53)47-42-38-18-16-34(26-41(38)54-46-42)50-24-22-49(23-25-50)28-31-8-6-7-11-37(31)30-12-14-32(43)15-13-30/h3-19,26-27,33,44H,20-25,28-29H2,1-2H3,(H,46,47)/t33-/m1/s1. The monoisotopic (exact) mass is 809 g/mol. The Labute approximate surface area is 337 Å². The smallest absolute Gasteiger partial charge is 0.263 e. The van der Waals surface area contributed by atoms with E-state index in [9.17, 15) is 13.3 Å². The van der Waals surface area contributed by atoms with E-state index in [0.29, 0.717) is 16.7 Å². The molecule has 1 aliphatic rings. The van der Waals surface area contributed by atoms with Gasteiger partial charge in [0.05, 0.1) is 16.0 Å². The molecule has 0 unspecified atom stereocenters. The predicted molar refractivity (Wildman–Crippen MR) is 229 cm³/mol. The lowest BCUT2D eigenvalue weighted by molar-refractivity contribution is 0.250. The maximum atomic E-state index is 13.6. The van der Waals surface area contributed by atoms with Crippen LogP contribution in [0.3, 0.4) is 0 Å². The van der Waals surface area contributed by atoms with Gasteiger partial charge in [-0.15, -0.1) is 16.7 Å². The van der Waals surface area contributed by atoms with Crippen molar-refractivity contribution in [1.82, 2.24) is 15.0 Å². The topological polar surface area (TPSA) is 123 Å². The fourth-order valence-electron chi connectivity index (χ4n) is 6.78. The van der Waals surface area contributed by atoms with E-state index in [1.807, 2.05) is 62.6 Å². The van der Waals surface area contributed by atoms with Crippen molar-refractivity contribution in [3.05, 3.63) is 131 Å². The van der Waals surface area contributed by atoms with Crippen LogP contribution in [0.5, 0.6) is 0 Å². The number of hydrogen-bond acceptors (Lipinski definition) is 11. The summed E-state index contributed by atoms with van der Waals surface area (Å²) in [5, 5.41) is 11.9. The number of halogens is 1. The molecule has 5 aromatic carbocycles. The zero-order valence-corrected chi connectivity index (χ0v) is 33.7. The summed E-state index contributed by atoms with van der Waals surface area (Å²) in [6.07, 6.45) is 0.810. The van der Waals surface area contributed by atoms with Crippen molar-refractivity contribution < 1.29 is 12.9 Å². The molecule has 0 spiro atoms. The minimum absolute atomic E-state index is 0.00203. The van der Waals surface area contributed by atoms with E-state index in [1.54, 1.807) is 17.8 Å². The molecule has 0 radical (unpaired) electrons. The van der Waals surface area contributed by atoms with E-state index in [4.69, 9.17) is 16.1 Å². The zero-order chi connectivity index (χ0) is 39.1. The highest BCUT2D eigenvalue weighted by atomic mass is 35.5. The van der Waals surface area contributed by atoms with Gasteiger partial charge in [-0.3, -0.25) is 9.62 Å². The molecule has 1 aliphatic heterocycles. The number of piperazine rings is 1. The summed E-state index contributed by atoms with van der Waals surface area (Å²) in [6, 6.07) is 36.5. The first-order valence-corrected chi connectivity index (χ1v) is 21.3. The molecule has 0 saturated carbocycles. The van der Waals surface area contributed by atoms with Crippen molar-refractivity contribution in [1.29, 1.82) is 0 Å². The van der Waals surface area contributed by atoms with Gasteiger partial charge in [-0.05, 0) is 104 Å². The number of aromatic nitrogens is 1. The molecule has 6 aromatic rings. The number of sulfonamides is 1. The number of fused-ring (bicyclic) bond motifs is 1. The third kappa shape index (κ3) is 9.71. The predicted octanol–water partition coefficient (Wildman–Crippen LogP) is 9.19. The summed E-state index contributed by atoms with van der Waals surface area (Å²) in [4.78, 5) is 19.9. The highest BCUT2D eigenvalue weighted by Gasteiger charge is 2.24. The van der Waals surface area contributed by atoms with Crippen LogP contribution in [0.25, 0.3) is 22.1 Å². The molecular formula is C42H44ClN7O4S2. The normalized spacial score (nSPS) is 14.2. The Hall–Kier alpha value is -4.92. The quantitative estimate of drug-likeness (QED) is 0.0723. The average molecular weight is 810 g/mol. The third-order valence-corrected chi connectivity index (χ3v) is 12.6. The van der Waals surface area contributed by atoms with Crippen molar-refractivity contribution in [2.75, 3.05) is 67.5 Å². The summed E-state index contributed by atoms with van der Waals surface area (Å²) in [6.45, 7) is 5.07. The number of nitroso groups, excluding NO2 is 1. The first-order chi connectivity index (χ1) is 27.1. The minimum atomic E-state index is -4.14. The SMILES string of the molecule is CN(C)CC[C@H](CSc1ccccc1)Nc1ccc(S(=O)(=O)Nc2noc3cc(N4CCN(Cc5ccccc5-c5ccc(Cl)cc5)CC4)ccc23)cc1N=O. The Balaban J connectivity index is 0.988. The van der Waals surface area contributed by atoms with Crippen LogP contribution in [0.2, 0.25) is 5.02 Å². The van der Waals surface area contributed by atoms with Gasteiger partial charge in [-0.25, -0.2) is 8.42 Å². The second-order valence-electron chi connectivity index (χ2n) is 14.1. The number of anilines is 3. The lowest BCUT2D eigenvalue weighted by Crippen LogP contribution is -2.46. The Morgan fingerprint density at radius 3 is 2.41 bits per heavy atom. The molecular weight excluding hydrogens is 766 g/mol. The van der Waals surface area contributed by atoms with E-state index >= 15 is 0 Å². The third-order valence-electron chi connectivity index (χ3n) is 9.85. The van der Waals surface area contributed by atoms with Gasteiger partial charge in [0.2, 0.25) is 0 Å². The van der Waals surface area contributed by atoms with Crippen LogP contribution in [0.1, 0.15) is 12.0 Å². The second-order valence-corrected chi connectivity index (χ2v) is 17.3. The molecule has 1 saturated heterocycles. The first kappa shape index (κ1) is 39.3. The van der Waals surface area contributed by atoms with Crippen LogP contribution >= 0.6 is 23.4 Å². The zero-order valence-electron chi connectivity index (χ0n) is 31.3. The number of thioether (sulfide) groups is 1. The average Bonchev–Trinajstić information content (AvgIpc) is 3.61. The summed E-state index contributed by atoms with van der Waals surface area (Å²) < 4.78 is 35.4.